The molecule has 1 N–H and O–H groups in total. The molecule has 0 fully saturated rings. The van der Waals surface area contributed by atoms with Gasteiger partial charge in [0.25, 0.3) is 5.91 Å². The van der Waals surface area contributed by atoms with Gasteiger partial charge in [-0.1, -0.05) is 11.6 Å². The quantitative estimate of drug-likeness (QED) is 0.581. The van der Waals surface area contributed by atoms with Crippen molar-refractivity contribution in [2.45, 2.75) is 27.3 Å². The standard InChI is InChI=1S/C18H16ClN5OS/c1-9-15-10(2)21-11(3)22-18(15)26-16(9)17(25)20-6-13-8-24-7-12(19)4-5-14(24)23-13/h4-5,7-8H,6H2,1-3H3,(H,20,25). The predicted octanol–water partition coefficient (Wildman–Crippen LogP) is 3.85. The number of aryl methyl sites for hydroxylation is 3. The lowest BCUT2D eigenvalue weighted by Crippen LogP contribution is -2.22. The first-order valence-corrected chi connectivity index (χ1v) is 9.27. The molecule has 4 aromatic heterocycles. The lowest BCUT2D eigenvalue weighted by atomic mass is 10.1. The number of fused-ring (bicyclic) bond motifs is 2. The molecule has 1 amide bonds. The van der Waals surface area contributed by atoms with E-state index in [9.17, 15) is 4.79 Å². The number of pyridine rings is 1. The van der Waals surface area contributed by atoms with E-state index in [1.807, 2.05) is 37.4 Å². The molecule has 132 valence electrons. The number of amides is 1. The van der Waals surface area contributed by atoms with Crippen LogP contribution in [0.1, 0.15) is 32.4 Å². The summed E-state index contributed by atoms with van der Waals surface area (Å²) < 4.78 is 1.84. The highest BCUT2D eigenvalue weighted by Gasteiger charge is 2.18. The monoisotopic (exact) mass is 385 g/mol. The largest absolute Gasteiger partial charge is 0.346 e. The van der Waals surface area contributed by atoms with E-state index in [2.05, 4.69) is 20.3 Å². The number of imidazole rings is 1. The van der Waals surface area contributed by atoms with Gasteiger partial charge in [-0.2, -0.15) is 0 Å². The minimum absolute atomic E-state index is 0.127. The number of nitrogens with zero attached hydrogens (tertiary/aromatic N) is 4. The number of aromatic nitrogens is 4. The highest BCUT2D eigenvalue weighted by atomic mass is 35.5. The van der Waals surface area contributed by atoms with Crippen LogP contribution in [-0.4, -0.2) is 25.3 Å². The van der Waals surface area contributed by atoms with E-state index in [1.54, 1.807) is 12.3 Å². The van der Waals surface area contributed by atoms with Gasteiger partial charge in [0, 0.05) is 23.5 Å². The number of hydrogen-bond donors (Lipinski definition) is 1. The number of carbonyl (C=O) groups is 1. The molecule has 0 atom stereocenters. The van der Waals surface area contributed by atoms with Crippen molar-refractivity contribution in [2.24, 2.45) is 0 Å². The third-order valence-corrected chi connectivity index (χ3v) is 5.59. The van der Waals surface area contributed by atoms with E-state index in [-0.39, 0.29) is 5.91 Å². The van der Waals surface area contributed by atoms with Gasteiger partial charge >= 0.3 is 0 Å². The molecule has 4 rings (SSSR count). The first kappa shape index (κ1) is 16.9. The second kappa shape index (κ2) is 6.34. The van der Waals surface area contributed by atoms with Crippen LogP contribution in [0.3, 0.4) is 0 Å². The van der Waals surface area contributed by atoms with E-state index in [0.29, 0.717) is 22.3 Å². The second-order valence-corrected chi connectivity index (χ2v) is 7.56. The van der Waals surface area contributed by atoms with Gasteiger partial charge in [-0.15, -0.1) is 11.3 Å². The predicted molar refractivity (Wildman–Crippen MR) is 103 cm³/mol. The zero-order valence-electron chi connectivity index (χ0n) is 14.5. The van der Waals surface area contributed by atoms with Crippen LogP contribution in [0.15, 0.2) is 24.5 Å². The molecule has 0 aromatic carbocycles. The second-order valence-electron chi connectivity index (χ2n) is 6.12. The fourth-order valence-corrected chi connectivity index (χ4v) is 4.41. The fourth-order valence-electron chi connectivity index (χ4n) is 3.04. The van der Waals surface area contributed by atoms with Gasteiger partial charge in [0.05, 0.1) is 22.1 Å². The van der Waals surface area contributed by atoms with Crippen molar-refractivity contribution < 1.29 is 4.79 Å². The molecule has 0 aliphatic rings. The van der Waals surface area contributed by atoms with Gasteiger partial charge in [-0.25, -0.2) is 15.0 Å². The third kappa shape index (κ3) is 2.93. The van der Waals surface area contributed by atoms with Gasteiger partial charge < -0.3 is 9.72 Å². The summed E-state index contributed by atoms with van der Waals surface area (Å²) in [6.45, 7) is 6.08. The molecule has 6 nitrogen and oxygen atoms in total. The van der Waals surface area contributed by atoms with Gasteiger partial charge in [0.1, 0.15) is 16.3 Å². The van der Waals surface area contributed by atoms with Crippen molar-refractivity contribution in [1.29, 1.82) is 0 Å². The molecule has 26 heavy (non-hydrogen) atoms. The Bertz CT molecular complexity index is 1160. The number of hydrogen-bond acceptors (Lipinski definition) is 5. The molecule has 0 spiro atoms. The van der Waals surface area contributed by atoms with Crippen LogP contribution >= 0.6 is 22.9 Å². The molecule has 8 heteroatoms. The number of thiophene rings is 1. The molecule has 0 saturated heterocycles. The SMILES string of the molecule is Cc1nc(C)c2c(C)c(C(=O)NCc3cn4cc(Cl)ccc4n3)sc2n1. The first-order valence-electron chi connectivity index (χ1n) is 8.08. The molecule has 0 aliphatic carbocycles. The Morgan fingerprint density at radius 2 is 2.00 bits per heavy atom. The van der Waals surface area contributed by atoms with Crippen molar-refractivity contribution in [3.8, 4) is 0 Å². The summed E-state index contributed by atoms with van der Waals surface area (Å²) in [5.74, 6) is 0.587. The normalized spacial score (nSPS) is 11.4. The molecule has 0 saturated carbocycles. The van der Waals surface area contributed by atoms with Crippen LogP contribution in [0.2, 0.25) is 5.02 Å². The molecule has 4 heterocycles. The Balaban J connectivity index is 1.58. The van der Waals surface area contributed by atoms with Crippen molar-refractivity contribution in [1.82, 2.24) is 24.7 Å². The summed E-state index contributed by atoms with van der Waals surface area (Å²) in [4.78, 5) is 27.5. The van der Waals surface area contributed by atoms with Gasteiger partial charge in [0.2, 0.25) is 0 Å². The van der Waals surface area contributed by atoms with Crippen LogP contribution in [0.4, 0.5) is 0 Å². The average Bonchev–Trinajstić information content (AvgIpc) is 3.13. The number of carbonyl (C=O) groups excluding carboxylic acids is 1. The summed E-state index contributed by atoms with van der Waals surface area (Å²) in [6.07, 6.45) is 3.65. The molecular weight excluding hydrogens is 370 g/mol. The molecule has 0 radical (unpaired) electrons. The Hall–Kier alpha value is -2.51. The van der Waals surface area contributed by atoms with Crippen molar-refractivity contribution >= 4 is 44.7 Å². The zero-order valence-corrected chi connectivity index (χ0v) is 16.1. The molecule has 4 aromatic rings. The van der Waals surface area contributed by atoms with E-state index < -0.39 is 0 Å². The highest BCUT2D eigenvalue weighted by molar-refractivity contribution is 7.20. The van der Waals surface area contributed by atoms with Crippen molar-refractivity contribution in [2.75, 3.05) is 0 Å². The smallest absolute Gasteiger partial charge is 0.262 e. The van der Waals surface area contributed by atoms with Crippen LogP contribution in [0.5, 0.6) is 0 Å². The van der Waals surface area contributed by atoms with E-state index >= 15 is 0 Å². The van der Waals surface area contributed by atoms with Crippen LogP contribution in [0, 0.1) is 20.8 Å². The summed E-state index contributed by atoms with van der Waals surface area (Å²) in [5.41, 5.74) is 3.38. The van der Waals surface area contributed by atoms with E-state index in [4.69, 9.17) is 11.6 Å². The lowest BCUT2D eigenvalue weighted by Gasteiger charge is -2.02. The zero-order chi connectivity index (χ0) is 18.4. The Kier molecular flexibility index (Phi) is 4.13. The average molecular weight is 386 g/mol. The maximum atomic E-state index is 12.7. The minimum Gasteiger partial charge on any atom is -0.346 e. The van der Waals surface area contributed by atoms with E-state index in [0.717, 1.165) is 32.8 Å². The van der Waals surface area contributed by atoms with Gasteiger partial charge in [0.15, 0.2) is 0 Å². The van der Waals surface area contributed by atoms with Crippen molar-refractivity contribution in [3.63, 3.8) is 0 Å². The Morgan fingerprint density at radius 3 is 2.81 bits per heavy atom. The summed E-state index contributed by atoms with van der Waals surface area (Å²) >= 11 is 7.38. The molecule has 0 aliphatic heterocycles. The molecule has 0 unspecified atom stereocenters. The van der Waals surface area contributed by atoms with Crippen LogP contribution in [0.25, 0.3) is 15.9 Å². The molecular formula is C18H16ClN5OS. The third-order valence-electron chi connectivity index (χ3n) is 4.18. The fraction of sp³-hybridized carbons (Fsp3) is 0.222. The summed E-state index contributed by atoms with van der Waals surface area (Å²) in [7, 11) is 0. The summed E-state index contributed by atoms with van der Waals surface area (Å²) in [5, 5.41) is 4.54. The number of nitrogens with one attached hydrogen (secondary N) is 1. The first-order chi connectivity index (χ1) is 12.4. The number of halogens is 1. The maximum Gasteiger partial charge on any atom is 0.262 e. The van der Waals surface area contributed by atoms with Crippen LogP contribution < -0.4 is 5.32 Å². The van der Waals surface area contributed by atoms with Crippen molar-refractivity contribution in [3.05, 3.63) is 57.2 Å². The number of rotatable bonds is 3. The van der Waals surface area contributed by atoms with Gasteiger partial charge in [-0.3, -0.25) is 4.79 Å². The Morgan fingerprint density at radius 1 is 1.19 bits per heavy atom. The van der Waals surface area contributed by atoms with Crippen LogP contribution in [-0.2, 0) is 6.54 Å². The Labute approximate surface area is 158 Å². The van der Waals surface area contributed by atoms with Gasteiger partial charge in [-0.05, 0) is 38.5 Å². The minimum atomic E-state index is -0.127. The summed E-state index contributed by atoms with van der Waals surface area (Å²) in [6, 6.07) is 3.63. The lowest BCUT2D eigenvalue weighted by molar-refractivity contribution is 0.0954. The highest BCUT2D eigenvalue weighted by Crippen LogP contribution is 2.31. The molecule has 0 bridgehead atoms. The topological polar surface area (TPSA) is 72.2 Å². The maximum absolute atomic E-state index is 12.7. The van der Waals surface area contributed by atoms with E-state index in [1.165, 1.54) is 11.3 Å².